The highest BCUT2D eigenvalue weighted by molar-refractivity contribution is 5.85. The summed E-state index contributed by atoms with van der Waals surface area (Å²) in [6.45, 7) is 5.41. The van der Waals surface area contributed by atoms with Gasteiger partial charge in [-0.1, -0.05) is 13.8 Å². The van der Waals surface area contributed by atoms with E-state index in [9.17, 15) is 14.7 Å². The number of amides is 1. The fourth-order valence-corrected chi connectivity index (χ4v) is 2.23. The van der Waals surface area contributed by atoms with Crippen LogP contribution in [0.15, 0.2) is 0 Å². The van der Waals surface area contributed by atoms with Gasteiger partial charge in [0.1, 0.15) is 6.04 Å². The Hall–Kier alpha value is -1.14. The van der Waals surface area contributed by atoms with Crippen LogP contribution in [0.25, 0.3) is 0 Å². The molecule has 19 heavy (non-hydrogen) atoms. The van der Waals surface area contributed by atoms with Gasteiger partial charge in [0.2, 0.25) is 5.91 Å². The summed E-state index contributed by atoms with van der Waals surface area (Å²) in [5, 5.41) is 12.1. The molecule has 1 rings (SSSR count). The van der Waals surface area contributed by atoms with E-state index < -0.39 is 12.0 Å². The molecule has 1 aliphatic rings. The maximum atomic E-state index is 11.9. The highest BCUT2D eigenvalue weighted by atomic mass is 16.5. The summed E-state index contributed by atoms with van der Waals surface area (Å²) in [5.74, 6) is -0.327. The van der Waals surface area contributed by atoms with Gasteiger partial charge < -0.3 is 15.2 Å². The predicted octanol–water partition coefficient (Wildman–Crippen LogP) is -0.243. The number of hydrogen-bond acceptors (Lipinski definition) is 5. The third-order valence-electron chi connectivity index (χ3n) is 3.14. The number of rotatable bonds is 6. The molecule has 2 N–H and O–H groups in total. The average molecular weight is 272 g/mol. The second-order valence-electron chi connectivity index (χ2n) is 5.45. The van der Waals surface area contributed by atoms with E-state index in [0.717, 1.165) is 0 Å². The lowest BCUT2D eigenvalue weighted by Gasteiger charge is -2.20. The largest absolute Gasteiger partial charge is 0.467 e. The van der Waals surface area contributed by atoms with Gasteiger partial charge in [-0.05, 0) is 18.8 Å². The van der Waals surface area contributed by atoms with Crippen LogP contribution in [-0.4, -0.2) is 60.8 Å². The van der Waals surface area contributed by atoms with Gasteiger partial charge in [-0.25, -0.2) is 4.79 Å². The van der Waals surface area contributed by atoms with Crippen LogP contribution in [0, 0.1) is 5.92 Å². The van der Waals surface area contributed by atoms with Gasteiger partial charge in [0.15, 0.2) is 0 Å². The van der Waals surface area contributed by atoms with E-state index in [4.69, 9.17) is 4.74 Å². The van der Waals surface area contributed by atoms with Crippen molar-refractivity contribution in [3.8, 4) is 0 Å². The number of esters is 1. The molecular weight excluding hydrogens is 248 g/mol. The monoisotopic (exact) mass is 272 g/mol. The number of carbonyl (C=O) groups excluding carboxylic acids is 2. The molecule has 6 heteroatoms. The normalized spacial score (nSPS) is 21.4. The summed E-state index contributed by atoms with van der Waals surface area (Å²) < 4.78 is 4.69. The molecule has 2 unspecified atom stereocenters. The Labute approximate surface area is 114 Å². The van der Waals surface area contributed by atoms with Crippen molar-refractivity contribution < 1.29 is 19.4 Å². The SMILES string of the molecule is COC(=O)C(CC(C)C)NC(=O)CN1CCC(O)C1. The molecule has 0 bridgehead atoms. The molecule has 0 aromatic carbocycles. The van der Waals surface area contributed by atoms with Crippen molar-refractivity contribution >= 4 is 11.9 Å². The van der Waals surface area contributed by atoms with E-state index in [0.29, 0.717) is 25.9 Å². The summed E-state index contributed by atoms with van der Waals surface area (Å²) in [6.07, 6.45) is 0.903. The maximum absolute atomic E-state index is 11.9. The summed E-state index contributed by atoms with van der Waals surface area (Å²) in [7, 11) is 1.32. The highest BCUT2D eigenvalue weighted by Gasteiger charge is 2.26. The lowest BCUT2D eigenvalue weighted by molar-refractivity contribution is -0.145. The molecule has 1 amide bonds. The topological polar surface area (TPSA) is 78.9 Å². The minimum Gasteiger partial charge on any atom is -0.467 e. The number of nitrogens with zero attached hydrogens (tertiary/aromatic N) is 1. The zero-order valence-corrected chi connectivity index (χ0v) is 11.9. The van der Waals surface area contributed by atoms with Crippen LogP contribution < -0.4 is 5.32 Å². The van der Waals surface area contributed by atoms with Crippen molar-refractivity contribution in [2.24, 2.45) is 5.92 Å². The number of aliphatic hydroxyl groups is 1. The lowest BCUT2D eigenvalue weighted by atomic mass is 10.0. The van der Waals surface area contributed by atoms with Crippen molar-refractivity contribution in [3.05, 3.63) is 0 Å². The smallest absolute Gasteiger partial charge is 0.328 e. The van der Waals surface area contributed by atoms with Gasteiger partial charge in [0.25, 0.3) is 0 Å². The van der Waals surface area contributed by atoms with Gasteiger partial charge in [-0.2, -0.15) is 0 Å². The number of β-amino-alcohol motifs (C(OH)–C–C–N with tert-alkyl or cyclic N) is 1. The fraction of sp³-hybridized carbons (Fsp3) is 0.846. The number of methoxy groups -OCH3 is 1. The molecular formula is C13H24N2O4. The van der Waals surface area contributed by atoms with Gasteiger partial charge >= 0.3 is 5.97 Å². The first-order valence-corrected chi connectivity index (χ1v) is 6.70. The molecule has 0 aliphatic carbocycles. The number of likely N-dealkylation sites (tertiary alicyclic amines) is 1. The number of hydrogen-bond donors (Lipinski definition) is 2. The first-order valence-electron chi connectivity index (χ1n) is 6.70. The van der Waals surface area contributed by atoms with Crippen LogP contribution >= 0.6 is 0 Å². The maximum Gasteiger partial charge on any atom is 0.328 e. The first-order chi connectivity index (χ1) is 8.92. The van der Waals surface area contributed by atoms with Crippen LogP contribution in [0.3, 0.4) is 0 Å². The van der Waals surface area contributed by atoms with E-state index >= 15 is 0 Å². The van der Waals surface area contributed by atoms with Crippen LogP contribution in [-0.2, 0) is 14.3 Å². The molecule has 110 valence electrons. The predicted molar refractivity (Wildman–Crippen MR) is 70.5 cm³/mol. The molecule has 0 aromatic heterocycles. The quantitative estimate of drug-likeness (QED) is 0.652. The number of carbonyl (C=O) groups is 2. The molecule has 2 atom stereocenters. The molecule has 0 radical (unpaired) electrons. The molecule has 1 heterocycles. The lowest BCUT2D eigenvalue weighted by Crippen LogP contribution is -2.46. The van der Waals surface area contributed by atoms with Gasteiger partial charge in [-0.3, -0.25) is 9.69 Å². The second-order valence-corrected chi connectivity index (χ2v) is 5.45. The summed E-state index contributed by atoms with van der Waals surface area (Å²) in [4.78, 5) is 25.3. The number of nitrogens with one attached hydrogen (secondary N) is 1. The number of aliphatic hydroxyl groups excluding tert-OH is 1. The summed E-state index contributed by atoms with van der Waals surface area (Å²) >= 11 is 0. The first kappa shape index (κ1) is 15.9. The molecule has 0 saturated carbocycles. The Bertz CT molecular complexity index is 320. The van der Waals surface area contributed by atoms with Gasteiger partial charge in [0.05, 0.1) is 19.8 Å². The standard InChI is InChI=1S/C13H24N2O4/c1-9(2)6-11(13(18)19-3)14-12(17)8-15-5-4-10(16)7-15/h9-11,16H,4-8H2,1-3H3,(H,14,17). The minimum absolute atomic E-state index is 0.204. The highest BCUT2D eigenvalue weighted by Crippen LogP contribution is 2.09. The van der Waals surface area contributed by atoms with Crippen molar-refractivity contribution in [2.75, 3.05) is 26.7 Å². The van der Waals surface area contributed by atoms with E-state index in [-0.39, 0.29) is 24.5 Å². The third kappa shape index (κ3) is 5.57. The van der Waals surface area contributed by atoms with Crippen LogP contribution in [0.5, 0.6) is 0 Å². The second kappa shape index (κ2) is 7.45. The fourth-order valence-electron chi connectivity index (χ4n) is 2.23. The molecule has 6 nitrogen and oxygen atoms in total. The van der Waals surface area contributed by atoms with Crippen molar-refractivity contribution in [1.29, 1.82) is 0 Å². The van der Waals surface area contributed by atoms with Gasteiger partial charge in [-0.15, -0.1) is 0 Å². The van der Waals surface area contributed by atoms with E-state index in [1.165, 1.54) is 7.11 Å². The third-order valence-corrected chi connectivity index (χ3v) is 3.14. The Balaban J connectivity index is 2.44. The molecule has 0 aromatic rings. The molecule has 1 fully saturated rings. The van der Waals surface area contributed by atoms with Crippen molar-refractivity contribution in [2.45, 2.75) is 38.8 Å². The van der Waals surface area contributed by atoms with Gasteiger partial charge in [0, 0.05) is 13.1 Å². The van der Waals surface area contributed by atoms with Crippen LogP contribution in [0.1, 0.15) is 26.7 Å². The summed E-state index contributed by atoms with van der Waals surface area (Å²) in [5.41, 5.74) is 0. The Morgan fingerprint density at radius 2 is 2.16 bits per heavy atom. The van der Waals surface area contributed by atoms with Crippen molar-refractivity contribution in [3.63, 3.8) is 0 Å². The van der Waals surface area contributed by atoms with Crippen molar-refractivity contribution in [1.82, 2.24) is 10.2 Å². The number of ether oxygens (including phenoxy) is 1. The van der Waals surface area contributed by atoms with E-state index in [1.54, 1.807) is 0 Å². The van der Waals surface area contributed by atoms with Crippen LogP contribution in [0.2, 0.25) is 0 Å². The average Bonchev–Trinajstić information content (AvgIpc) is 2.72. The Morgan fingerprint density at radius 3 is 2.63 bits per heavy atom. The zero-order chi connectivity index (χ0) is 14.4. The molecule has 0 spiro atoms. The minimum atomic E-state index is -0.593. The summed E-state index contributed by atoms with van der Waals surface area (Å²) in [6, 6.07) is -0.593. The molecule has 1 saturated heterocycles. The Kier molecular flexibility index (Phi) is 6.24. The molecule has 1 aliphatic heterocycles. The van der Waals surface area contributed by atoms with E-state index in [1.807, 2.05) is 18.7 Å². The van der Waals surface area contributed by atoms with Crippen LogP contribution in [0.4, 0.5) is 0 Å². The zero-order valence-electron chi connectivity index (χ0n) is 11.9. The van der Waals surface area contributed by atoms with E-state index in [2.05, 4.69) is 5.32 Å². The Morgan fingerprint density at radius 1 is 1.47 bits per heavy atom.